The molecule has 0 saturated heterocycles. The lowest BCUT2D eigenvalue weighted by molar-refractivity contribution is -0.118. The van der Waals surface area contributed by atoms with E-state index in [0.29, 0.717) is 17.9 Å². The lowest BCUT2D eigenvalue weighted by Gasteiger charge is -2.06. The zero-order valence-electron chi connectivity index (χ0n) is 10.1. The van der Waals surface area contributed by atoms with Gasteiger partial charge in [0.2, 0.25) is 5.91 Å². The van der Waals surface area contributed by atoms with Crippen LogP contribution in [-0.2, 0) is 4.79 Å². The quantitative estimate of drug-likeness (QED) is 0.426. The Bertz CT molecular complexity index is 451. The van der Waals surface area contributed by atoms with Gasteiger partial charge in [-0.25, -0.2) is 0 Å². The predicted octanol–water partition coefficient (Wildman–Crippen LogP) is 2.35. The van der Waals surface area contributed by atoms with Crippen molar-refractivity contribution in [1.29, 1.82) is 5.41 Å². The van der Waals surface area contributed by atoms with Gasteiger partial charge in [-0.05, 0) is 40.5 Å². The van der Waals surface area contributed by atoms with Crippen LogP contribution in [0.3, 0.4) is 0 Å². The standard InChI is InChI=1S/C12H16BrN3OS/c1-2-5-16-11(17)7-18-8-3-4-9(12(14)15)10(13)6-8/h3-4,6H,2,5,7H2,1H3,(H3,14,15)(H,16,17). The minimum absolute atomic E-state index is 0.0270. The molecule has 0 aliphatic rings. The molecular formula is C12H16BrN3OS. The minimum Gasteiger partial charge on any atom is -0.384 e. The maximum atomic E-state index is 11.4. The van der Waals surface area contributed by atoms with Crippen molar-refractivity contribution in [2.24, 2.45) is 5.73 Å². The van der Waals surface area contributed by atoms with Crippen molar-refractivity contribution >= 4 is 39.4 Å². The molecule has 4 nitrogen and oxygen atoms in total. The second-order valence-electron chi connectivity index (χ2n) is 3.69. The van der Waals surface area contributed by atoms with Crippen LogP contribution in [0.2, 0.25) is 0 Å². The van der Waals surface area contributed by atoms with Crippen molar-refractivity contribution in [2.75, 3.05) is 12.3 Å². The van der Waals surface area contributed by atoms with E-state index in [4.69, 9.17) is 11.1 Å². The summed E-state index contributed by atoms with van der Waals surface area (Å²) in [5.74, 6) is 0.457. The first-order chi connectivity index (χ1) is 8.54. The van der Waals surface area contributed by atoms with Crippen LogP contribution < -0.4 is 11.1 Å². The first-order valence-corrected chi connectivity index (χ1v) is 7.36. The van der Waals surface area contributed by atoms with Crippen LogP contribution >= 0.6 is 27.7 Å². The average Bonchev–Trinajstić information content (AvgIpc) is 2.33. The molecule has 0 bridgehead atoms. The summed E-state index contributed by atoms with van der Waals surface area (Å²) in [6.45, 7) is 2.73. The number of amides is 1. The highest BCUT2D eigenvalue weighted by atomic mass is 79.9. The molecule has 98 valence electrons. The highest BCUT2D eigenvalue weighted by Crippen LogP contribution is 2.25. The second-order valence-corrected chi connectivity index (χ2v) is 5.60. The van der Waals surface area contributed by atoms with Crippen LogP contribution in [0.1, 0.15) is 18.9 Å². The lowest BCUT2D eigenvalue weighted by atomic mass is 10.2. The Morgan fingerprint density at radius 2 is 2.28 bits per heavy atom. The normalized spacial score (nSPS) is 10.1. The van der Waals surface area contributed by atoms with Crippen molar-refractivity contribution in [1.82, 2.24) is 5.32 Å². The molecule has 6 heteroatoms. The summed E-state index contributed by atoms with van der Waals surface area (Å²) < 4.78 is 0.772. The molecule has 0 aliphatic heterocycles. The van der Waals surface area contributed by atoms with Crippen molar-refractivity contribution in [3.8, 4) is 0 Å². The predicted molar refractivity (Wildman–Crippen MR) is 79.2 cm³/mol. The average molecular weight is 330 g/mol. The summed E-state index contributed by atoms with van der Waals surface area (Å²) in [6, 6.07) is 5.51. The molecule has 0 atom stereocenters. The molecule has 0 heterocycles. The number of carbonyl (C=O) groups is 1. The molecule has 4 N–H and O–H groups in total. The van der Waals surface area contributed by atoms with Gasteiger partial charge >= 0.3 is 0 Å². The molecule has 0 saturated carbocycles. The second kappa shape index (κ2) is 7.43. The third kappa shape index (κ3) is 4.70. The van der Waals surface area contributed by atoms with Crippen molar-refractivity contribution in [2.45, 2.75) is 18.2 Å². The monoisotopic (exact) mass is 329 g/mol. The van der Waals surface area contributed by atoms with Crippen LogP contribution in [-0.4, -0.2) is 24.0 Å². The Morgan fingerprint density at radius 1 is 1.56 bits per heavy atom. The van der Waals surface area contributed by atoms with Crippen LogP contribution in [0.5, 0.6) is 0 Å². The molecule has 18 heavy (non-hydrogen) atoms. The number of carbonyl (C=O) groups excluding carboxylic acids is 1. The zero-order chi connectivity index (χ0) is 13.5. The summed E-state index contributed by atoms with van der Waals surface area (Å²) in [5.41, 5.74) is 6.09. The number of benzene rings is 1. The molecule has 1 aromatic carbocycles. The fourth-order valence-corrected chi connectivity index (χ4v) is 2.78. The lowest BCUT2D eigenvalue weighted by Crippen LogP contribution is -2.25. The Balaban J connectivity index is 2.56. The smallest absolute Gasteiger partial charge is 0.230 e. The molecule has 0 unspecified atom stereocenters. The Kier molecular flexibility index (Phi) is 6.21. The van der Waals surface area contributed by atoms with Crippen LogP contribution in [0.4, 0.5) is 0 Å². The van der Waals surface area contributed by atoms with Crippen LogP contribution in [0.25, 0.3) is 0 Å². The third-order valence-corrected chi connectivity index (χ3v) is 3.82. The molecule has 1 rings (SSSR count). The number of halogens is 1. The number of hydrogen-bond donors (Lipinski definition) is 3. The van der Waals surface area contributed by atoms with Crippen molar-refractivity contribution < 1.29 is 4.79 Å². The Morgan fingerprint density at radius 3 is 2.83 bits per heavy atom. The van der Waals surface area contributed by atoms with E-state index in [1.54, 1.807) is 6.07 Å². The molecular weight excluding hydrogens is 314 g/mol. The number of thioether (sulfide) groups is 1. The first-order valence-electron chi connectivity index (χ1n) is 5.58. The Labute approximate surface area is 119 Å². The van der Waals surface area contributed by atoms with E-state index in [2.05, 4.69) is 21.2 Å². The van der Waals surface area contributed by atoms with Gasteiger partial charge in [0.15, 0.2) is 0 Å². The number of nitrogens with two attached hydrogens (primary N) is 1. The van der Waals surface area contributed by atoms with E-state index in [1.165, 1.54) is 11.8 Å². The van der Waals surface area contributed by atoms with Gasteiger partial charge in [0, 0.05) is 21.5 Å². The molecule has 1 aromatic rings. The summed E-state index contributed by atoms with van der Waals surface area (Å²) in [6.07, 6.45) is 0.940. The summed E-state index contributed by atoms with van der Waals surface area (Å²) in [7, 11) is 0. The highest BCUT2D eigenvalue weighted by molar-refractivity contribution is 9.10. The number of rotatable bonds is 6. The molecule has 0 spiro atoms. The number of nitrogens with one attached hydrogen (secondary N) is 2. The molecule has 0 radical (unpaired) electrons. The summed E-state index contributed by atoms with van der Waals surface area (Å²) >= 11 is 4.82. The van der Waals surface area contributed by atoms with E-state index in [0.717, 1.165) is 15.8 Å². The van der Waals surface area contributed by atoms with Crippen molar-refractivity contribution in [3.05, 3.63) is 28.2 Å². The first kappa shape index (κ1) is 15.0. The number of hydrogen-bond acceptors (Lipinski definition) is 3. The minimum atomic E-state index is 0.0270. The fourth-order valence-electron chi connectivity index (χ4n) is 1.27. The SMILES string of the molecule is CCCNC(=O)CSc1ccc(C(=N)N)c(Br)c1. The summed E-state index contributed by atoms with van der Waals surface area (Å²) in [5, 5.41) is 10.2. The van der Waals surface area contributed by atoms with E-state index < -0.39 is 0 Å². The van der Waals surface area contributed by atoms with Gasteiger partial charge in [0.1, 0.15) is 5.84 Å². The van der Waals surface area contributed by atoms with Gasteiger partial charge in [0.25, 0.3) is 0 Å². The van der Waals surface area contributed by atoms with Gasteiger partial charge in [-0.1, -0.05) is 6.92 Å². The molecule has 1 amide bonds. The van der Waals surface area contributed by atoms with Crippen LogP contribution in [0.15, 0.2) is 27.6 Å². The van der Waals surface area contributed by atoms with E-state index >= 15 is 0 Å². The molecule has 0 aromatic heterocycles. The third-order valence-electron chi connectivity index (χ3n) is 2.17. The summed E-state index contributed by atoms with van der Waals surface area (Å²) in [4.78, 5) is 12.4. The van der Waals surface area contributed by atoms with Gasteiger partial charge in [-0.3, -0.25) is 10.2 Å². The largest absolute Gasteiger partial charge is 0.384 e. The van der Waals surface area contributed by atoms with Gasteiger partial charge in [-0.2, -0.15) is 0 Å². The number of amidine groups is 1. The molecule has 0 aliphatic carbocycles. The fraction of sp³-hybridized carbons (Fsp3) is 0.333. The van der Waals surface area contributed by atoms with Gasteiger partial charge in [0.05, 0.1) is 5.75 Å². The van der Waals surface area contributed by atoms with Crippen molar-refractivity contribution in [3.63, 3.8) is 0 Å². The van der Waals surface area contributed by atoms with Crippen LogP contribution in [0, 0.1) is 5.41 Å². The maximum absolute atomic E-state index is 11.4. The van der Waals surface area contributed by atoms with E-state index in [-0.39, 0.29) is 11.7 Å². The number of nitrogen functional groups attached to an aromatic ring is 1. The zero-order valence-corrected chi connectivity index (χ0v) is 12.5. The van der Waals surface area contributed by atoms with E-state index in [9.17, 15) is 4.79 Å². The van der Waals surface area contributed by atoms with Gasteiger partial charge < -0.3 is 11.1 Å². The van der Waals surface area contributed by atoms with Gasteiger partial charge in [-0.15, -0.1) is 11.8 Å². The Hall–Kier alpha value is -1.01. The molecule has 0 fully saturated rings. The van der Waals surface area contributed by atoms with E-state index in [1.807, 2.05) is 19.1 Å². The maximum Gasteiger partial charge on any atom is 0.230 e. The topological polar surface area (TPSA) is 79.0 Å². The highest BCUT2D eigenvalue weighted by Gasteiger charge is 2.06.